The number of carbonyl (C=O) groups excluding carboxylic acids is 2. The van der Waals surface area contributed by atoms with E-state index in [2.05, 4.69) is 10.6 Å². The van der Waals surface area contributed by atoms with Gasteiger partial charge in [0.25, 0.3) is 11.8 Å². The quantitative estimate of drug-likeness (QED) is 0.194. The van der Waals surface area contributed by atoms with Crippen LogP contribution in [0.5, 0.6) is 11.5 Å². The number of likely N-dealkylation sites (N-methyl/N-ethyl adjacent to an activating group) is 2. The molecule has 10 heteroatoms. The molecule has 1 rings (SSSR count). The molecule has 36 heavy (non-hydrogen) atoms. The number of rotatable bonds is 20. The van der Waals surface area contributed by atoms with Crippen LogP contribution < -0.4 is 31.6 Å². The minimum Gasteiger partial charge on any atom is -0.493 e. The Kier molecular flexibility index (Phi) is 16.5. The molecule has 0 fully saturated rings. The lowest BCUT2D eigenvalue weighted by Crippen LogP contribution is -2.33. The van der Waals surface area contributed by atoms with Crippen molar-refractivity contribution in [1.82, 2.24) is 20.4 Å². The molecular formula is C26H48N6O4. The number of nitrogens with zero attached hydrogens (tertiary/aromatic N) is 2. The zero-order valence-electron chi connectivity index (χ0n) is 22.7. The molecular weight excluding hydrogens is 460 g/mol. The van der Waals surface area contributed by atoms with Crippen LogP contribution in [0.15, 0.2) is 12.1 Å². The molecule has 0 saturated heterocycles. The Morgan fingerprint density at radius 1 is 0.694 bits per heavy atom. The third-order valence-electron chi connectivity index (χ3n) is 5.47. The topological polar surface area (TPSA) is 135 Å². The molecule has 0 spiro atoms. The van der Waals surface area contributed by atoms with Gasteiger partial charge in [0.1, 0.15) is 11.5 Å². The Morgan fingerprint density at radius 2 is 1.11 bits per heavy atom. The second kappa shape index (κ2) is 18.8. The second-order valence-electron chi connectivity index (χ2n) is 9.36. The molecule has 2 amide bonds. The summed E-state index contributed by atoms with van der Waals surface area (Å²) >= 11 is 0. The maximum atomic E-state index is 13.1. The number of benzene rings is 1. The van der Waals surface area contributed by atoms with E-state index in [9.17, 15) is 9.59 Å². The molecule has 0 aliphatic carbocycles. The minimum atomic E-state index is -0.286. The van der Waals surface area contributed by atoms with Gasteiger partial charge >= 0.3 is 0 Å². The van der Waals surface area contributed by atoms with Gasteiger partial charge in [-0.05, 0) is 85.9 Å². The van der Waals surface area contributed by atoms with Crippen molar-refractivity contribution in [1.29, 1.82) is 0 Å². The molecule has 0 aliphatic rings. The number of amides is 2. The van der Waals surface area contributed by atoms with E-state index < -0.39 is 0 Å². The molecule has 0 saturated carbocycles. The molecule has 0 unspecified atom stereocenters. The van der Waals surface area contributed by atoms with Gasteiger partial charge in [0, 0.05) is 32.2 Å². The fraction of sp³-hybridized carbons (Fsp3) is 0.692. The van der Waals surface area contributed by atoms with Crippen LogP contribution in [-0.2, 0) is 0 Å². The summed E-state index contributed by atoms with van der Waals surface area (Å²) in [7, 11) is 7.77. The van der Waals surface area contributed by atoms with Gasteiger partial charge in [-0.2, -0.15) is 0 Å². The van der Waals surface area contributed by atoms with Gasteiger partial charge in [-0.15, -0.1) is 0 Å². The predicted octanol–water partition coefficient (Wildman–Crippen LogP) is 1.29. The Labute approximate surface area is 217 Å². The maximum Gasteiger partial charge on any atom is 0.255 e. The summed E-state index contributed by atoms with van der Waals surface area (Å²) in [6, 6.07) is 3.26. The van der Waals surface area contributed by atoms with E-state index in [0.717, 1.165) is 38.5 Å². The highest BCUT2D eigenvalue weighted by molar-refractivity contribution is 6.03. The molecule has 1 aromatic rings. The van der Waals surface area contributed by atoms with E-state index in [-0.39, 0.29) is 11.8 Å². The standard InChI is InChI=1S/C26H48N6O4/c1-31(2)15-13-29-25(33)21-19-22(26(34)30-14-16-32(3)4)24(36-18-10-6-8-12-28)20-23(21)35-17-9-5-7-11-27/h19-20H,5-18,27-28H2,1-4H3,(H,29,33)(H,30,34). The minimum absolute atomic E-state index is 0.286. The summed E-state index contributed by atoms with van der Waals surface area (Å²) in [5, 5.41) is 5.85. The lowest BCUT2D eigenvalue weighted by atomic mass is 10.1. The highest BCUT2D eigenvalue weighted by Gasteiger charge is 2.22. The van der Waals surface area contributed by atoms with Gasteiger partial charge in [0.15, 0.2) is 0 Å². The number of ether oxygens (including phenoxy) is 2. The summed E-state index contributed by atoms with van der Waals surface area (Å²) in [4.78, 5) is 30.1. The average Bonchev–Trinajstić information content (AvgIpc) is 2.83. The van der Waals surface area contributed by atoms with Crippen molar-refractivity contribution in [3.8, 4) is 11.5 Å². The van der Waals surface area contributed by atoms with Crippen LogP contribution in [0, 0.1) is 0 Å². The molecule has 206 valence electrons. The first kappa shape index (κ1) is 31.6. The third-order valence-corrected chi connectivity index (χ3v) is 5.47. The average molecular weight is 509 g/mol. The summed E-state index contributed by atoms with van der Waals surface area (Å²) in [6.07, 6.45) is 5.37. The number of nitrogens with two attached hydrogens (primary N) is 2. The van der Waals surface area contributed by atoms with E-state index in [1.165, 1.54) is 0 Å². The third kappa shape index (κ3) is 13.1. The van der Waals surface area contributed by atoms with Crippen LogP contribution in [0.3, 0.4) is 0 Å². The number of hydrogen-bond donors (Lipinski definition) is 4. The fourth-order valence-electron chi connectivity index (χ4n) is 3.34. The lowest BCUT2D eigenvalue weighted by molar-refractivity contribution is 0.0946. The molecule has 0 radical (unpaired) electrons. The number of nitrogens with one attached hydrogen (secondary N) is 2. The van der Waals surface area contributed by atoms with Crippen molar-refractivity contribution < 1.29 is 19.1 Å². The van der Waals surface area contributed by atoms with Crippen molar-refractivity contribution in [2.75, 3.05) is 80.7 Å². The van der Waals surface area contributed by atoms with E-state index in [4.69, 9.17) is 20.9 Å². The van der Waals surface area contributed by atoms with Gasteiger partial charge in [-0.25, -0.2) is 0 Å². The first-order valence-corrected chi connectivity index (χ1v) is 13.0. The van der Waals surface area contributed by atoms with Crippen molar-refractivity contribution >= 4 is 11.8 Å². The van der Waals surface area contributed by atoms with Crippen LogP contribution in [0.25, 0.3) is 0 Å². The van der Waals surface area contributed by atoms with Gasteiger partial charge in [0.05, 0.1) is 24.3 Å². The van der Waals surface area contributed by atoms with Gasteiger partial charge in [0.2, 0.25) is 0 Å². The molecule has 10 nitrogen and oxygen atoms in total. The predicted molar refractivity (Wildman–Crippen MR) is 145 cm³/mol. The van der Waals surface area contributed by atoms with Crippen molar-refractivity contribution in [3.63, 3.8) is 0 Å². The Hall–Kier alpha value is -2.40. The van der Waals surface area contributed by atoms with E-state index in [0.29, 0.717) is 75.1 Å². The first-order chi connectivity index (χ1) is 17.3. The summed E-state index contributed by atoms with van der Waals surface area (Å²) in [5.41, 5.74) is 11.8. The molecule has 0 aliphatic heterocycles. The van der Waals surface area contributed by atoms with Crippen LogP contribution in [-0.4, -0.2) is 102 Å². The van der Waals surface area contributed by atoms with Gasteiger partial charge in [-0.3, -0.25) is 9.59 Å². The maximum absolute atomic E-state index is 13.1. The smallest absolute Gasteiger partial charge is 0.255 e. The Morgan fingerprint density at radius 3 is 1.47 bits per heavy atom. The fourth-order valence-corrected chi connectivity index (χ4v) is 3.34. The van der Waals surface area contributed by atoms with Crippen molar-refractivity contribution in [3.05, 3.63) is 23.3 Å². The molecule has 0 heterocycles. The largest absolute Gasteiger partial charge is 0.493 e. The number of carbonyl (C=O) groups is 2. The lowest BCUT2D eigenvalue weighted by Gasteiger charge is -2.18. The molecule has 0 bridgehead atoms. The van der Waals surface area contributed by atoms with E-state index in [1.807, 2.05) is 38.0 Å². The van der Waals surface area contributed by atoms with E-state index in [1.54, 1.807) is 12.1 Å². The summed E-state index contributed by atoms with van der Waals surface area (Å²) in [5.74, 6) is 0.245. The molecule has 0 atom stereocenters. The highest BCUT2D eigenvalue weighted by atomic mass is 16.5. The SMILES string of the molecule is CN(C)CCNC(=O)c1cc(C(=O)NCCN(C)C)c(OCCCCCN)cc1OCCCCCN. The monoisotopic (exact) mass is 508 g/mol. The number of unbranched alkanes of at least 4 members (excludes halogenated alkanes) is 4. The second-order valence-corrected chi connectivity index (χ2v) is 9.36. The first-order valence-electron chi connectivity index (χ1n) is 13.0. The highest BCUT2D eigenvalue weighted by Crippen LogP contribution is 2.30. The summed E-state index contributed by atoms with van der Waals surface area (Å²) < 4.78 is 12.0. The molecule has 0 aromatic heterocycles. The van der Waals surface area contributed by atoms with Crippen LogP contribution in [0.4, 0.5) is 0 Å². The molecule has 1 aromatic carbocycles. The van der Waals surface area contributed by atoms with Gasteiger partial charge in [-0.1, -0.05) is 0 Å². The van der Waals surface area contributed by atoms with Crippen molar-refractivity contribution in [2.45, 2.75) is 38.5 Å². The van der Waals surface area contributed by atoms with Crippen LogP contribution >= 0.6 is 0 Å². The number of hydrogen-bond acceptors (Lipinski definition) is 8. The Bertz CT molecular complexity index is 714. The van der Waals surface area contributed by atoms with Gasteiger partial charge < -0.3 is 41.4 Å². The molecule has 6 N–H and O–H groups in total. The summed E-state index contributed by atoms with van der Waals surface area (Å²) in [6.45, 7) is 4.52. The van der Waals surface area contributed by atoms with Crippen molar-refractivity contribution in [2.24, 2.45) is 11.5 Å². The van der Waals surface area contributed by atoms with Crippen LogP contribution in [0.1, 0.15) is 59.2 Å². The zero-order chi connectivity index (χ0) is 26.8. The van der Waals surface area contributed by atoms with E-state index >= 15 is 0 Å². The van der Waals surface area contributed by atoms with Crippen LogP contribution in [0.2, 0.25) is 0 Å². The zero-order valence-corrected chi connectivity index (χ0v) is 22.7. The normalized spacial score (nSPS) is 11.1. The Balaban J connectivity index is 3.19.